The lowest BCUT2D eigenvalue weighted by Gasteiger charge is -2.48. The number of hydrogen-bond donors (Lipinski definition) is 1. The highest BCUT2D eigenvalue weighted by molar-refractivity contribution is 5.88. The fourth-order valence-corrected chi connectivity index (χ4v) is 7.24. The molecule has 0 amide bonds. The lowest BCUT2D eigenvalue weighted by Crippen LogP contribution is -2.42. The first-order valence-electron chi connectivity index (χ1n) is 12.1. The predicted octanol–water partition coefficient (Wildman–Crippen LogP) is 7.15. The maximum Gasteiger partial charge on any atom is 0.139 e. The summed E-state index contributed by atoms with van der Waals surface area (Å²) in [6.07, 6.45) is 5.99. The second-order valence-corrected chi connectivity index (χ2v) is 10.3. The van der Waals surface area contributed by atoms with Gasteiger partial charge in [0, 0.05) is 23.0 Å². The number of benzene rings is 3. The number of carbonyl (C=O) groups excluding carboxylic acids is 1. The van der Waals surface area contributed by atoms with Crippen molar-refractivity contribution < 1.29 is 9.90 Å². The van der Waals surface area contributed by atoms with Gasteiger partial charge < -0.3 is 5.11 Å². The van der Waals surface area contributed by atoms with E-state index in [-0.39, 0.29) is 5.41 Å². The molecule has 0 unspecified atom stereocenters. The predicted molar refractivity (Wildman–Crippen MR) is 129 cm³/mol. The van der Waals surface area contributed by atoms with E-state index >= 15 is 0 Å². The number of aromatic hydroxyl groups is 1. The highest BCUT2D eigenvalue weighted by Crippen LogP contribution is 2.61. The molecule has 3 aromatic rings. The third-order valence-electron chi connectivity index (χ3n) is 8.86. The van der Waals surface area contributed by atoms with Gasteiger partial charge in [-0.15, -0.1) is 0 Å². The van der Waals surface area contributed by atoms with Gasteiger partial charge in [0.25, 0.3) is 0 Å². The molecule has 2 heteroatoms. The second-order valence-electron chi connectivity index (χ2n) is 10.3. The van der Waals surface area contributed by atoms with E-state index < -0.39 is 0 Å². The summed E-state index contributed by atoms with van der Waals surface area (Å²) in [6, 6.07) is 22.9. The molecule has 2 nitrogen and oxygen atoms in total. The summed E-state index contributed by atoms with van der Waals surface area (Å²) in [7, 11) is 0. The van der Waals surface area contributed by atoms with Crippen molar-refractivity contribution in [1.29, 1.82) is 0 Å². The maximum absolute atomic E-state index is 12.7. The zero-order valence-electron chi connectivity index (χ0n) is 18.7. The van der Waals surface area contributed by atoms with Gasteiger partial charge in [0.15, 0.2) is 0 Å². The summed E-state index contributed by atoms with van der Waals surface area (Å²) >= 11 is 0. The molecule has 3 aromatic carbocycles. The average Bonchev–Trinajstić information content (AvgIpc) is 3.14. The molecule has 0 saturated heterocycles. The van der Waals surface area contributed by atoms with Gasteiger partial charge in [-0.3, -0.25) is 4.79 Å². The fourth-order valence-electron chi connectivity index (χ4n) is 7.24. The minimum atomic E-state index is -0.111. The number of phenolic OH excluding ortho intramolecular Hbond substituents is 1. The Balaban J connectivity index is 1.55. The van der Waals surface area contributed by atoms with Crippen molar-refractivity contribution >= 4 is 5.78 Å². The molecule has 32 heavy (non-hydrogen) atoms. The molecule has 4 atom stereocenters. The van der Waals surface area contributed by atoms with Crippen LogP contribution in [0.15, 0.2) is 66.7 Å². The van der Waals surface area contributed by atoms with Gasteiger partial charge in [0.1, 0.15) is 11.5 Å². The molecule has 0 heterocycles. The van der Waals surface area contributed by atoms with Gasteiger partial charge in [-0.1, -0.05) is 67.6 Å². The highest BCUT2D eigenvalue weighted by atomic mass is 16.3. The first kappa shape index (κ1) is 19.8. The van der Waals surface area contributed by atoms with Crippen LogP contribution in [0.25, 0.3) is 22.3 Å². The third-order valence-corrected chi connectivity index (χ3v) is 8.86. The summed E-state index contributed by atoms with van der Waals surface area (Å²) in [4.78, 5) is 12.7. The molecule has 3 aliphatic rings. The summed E-state index contributed by atoms with van der Waals surface area (Å²) < 4.78 is 0. The van der Waals surface area contributed by atoms with E-state index in [0.717, 1.165) is 60.8 Å². The van der Waals surface area contributed by atoms with Crippen molar-refractivity contribution in [1.82, 2.24) is 0 Å². The van der Waals surface area contributed by atoms with E-state index in [1.54, 1.807) is 0 Å². The van der Waals surface area contributed by atoms with Crippen LogP contribution in [0.1, 0.15) is 56.1 Å². The van der Waals surface area contributed by atoms with E-state index in [9.17, 15) is 9.90 Å². The first-order chi connectivity index (χ1) is 15.6. The Morgan fingerprint density at radius 1 is 0.875 bits per heavy atom. The minimum absolute atomic E-state index is 0.111. The Bertz CT molecular complexity index is 1180. The number of Topliss-reactive ketones (excluding diaryl/α,β-unsaturated/α-hetero) is 1. The van der Waals surface area contributed by atoms with E-state index in [2.05, 4.69) is 49.4 Å². The lowest BCUT2D eigenvalue weighted by atomic mass is 9.55. The van der Waals surface area contributed by atoms with Gasteiger partial charge >= 0.3 is 0 Å². The molecule has 162 valence electrons. The molecular weight excluding hydrogens is 392 g/mol. The van der Waals surface area contributed by atoms with Crippen LogP contribution < -0.4 is 0 Å². The van der Waals surface area contributed by atoms with Crippen LogP contribution in [0, 0.1) is 17.3 Å². The number of carbonyl (C=O) groups is 1. The molecule has 3 aliphatic carbocycles. The summed E-state index contributed by atoms with van der Waals surface area (Å²) in [5, 5.41) is 11.5. The first-order valence-corrected chi connectivity index (χ1v) is 12.1. The standard InChI is InChI=1S/C30H30O2/c1-30-17-16-21-22(26(30)14-15-27(30)31)12-13-23-25(21)18-24(19-8-4-2-5-9-19)29(32)28(23)20-10-6-3-7-11-20/h2-11,18,21-22,26,32H,12-17H2,1H3/t21-,22+,26-,30-/m0/s1. The normalized spacial score (nSPS) is 28.7. The molecular formula is C30H30O2. The molecule has 0 bridgehead atoms. The van der Waals surface area contributed by atoms with E-state index in [1.165, 1.54) is 11.1 Å². The number of rotatable bonds is 2. The summed E-state index contributed by atoms with van der Waals surface area (Å²) in [6.45, 7) is 2.24. The van der Waals surface area contributed by atoms with Gasteiger partial charge in [0.05, 0.1) is 0 Å². The largest absolute Gasteiger partial charge is 0.507 e. The van der Waals surface area contributed by atoms with E-state index in [4.69, 9.17) is 0 Å². The number of ketones is 1. The molecule has 1 N–H and O–H groups in total. The van der Waals surface area contributed by atoms with Crippen LogP contribution >= 0.6 is 0 Å². The van der Waals surface area contributed by atoms with Gasteiger partial charge in [-0.2, -0.15) is 0 Å². The molecule has 2 saturated carbocycles. The average molecular weight is 423 g/mol. The number of fused-ring (bicyclic) bond motifs is 5. The van der Waals surface area contributed by atoms with E-state index in [0.29, 0.717) is 29.3 Å². The highest BCUT2D eigenvalue weighted by Gasteiger charge is 2.54. The van der Waals surface area contributed by atoms with Crippen molar-refractivity contribution in [2.45, 2.75) is 51.4 Å². The lowest BCUT2D eigenvalue weighted by molar-refractivity contribution is -0.129. The van der Waals surface area contributed by atoms with Gasteiger partial charge in [-0.25, -0.2) is 0 Å². The maximum atomic E-state index is 12.7. The van der Waals surface area contributed by atoms with Crippen molar-refractivity contribution in [3.05, 3.63) is 77.9 Å². The number of hydrogen-bond acceptors (Lipinski definition) is 2. The second kappa shape index (κ2) is 7.33. The van der Waals surface area contributed by atoms with Gasteiger partial charge in [0.2, 0.25) is 0 Å². The summed E-state index contributed by atoms with van der Waals surface area (Å²) in [5.41, 5.74) is 6.72. The Morgan fingerprint density at radius 3 is 2.28 bits per heavy atom. The monoisotopic (exact) mass is 422 g/mol. The Labute approximate surface area is 190 Å². The molecule has 2 fully saturated rings. The van der Waals surface area contributed by atoms with Gasteiger partial charge in [-0.05, 0) is 78.2 Å². The quantitative estimate of drug-likeness (QED) is 0.476. The van der Waals surface area contributed by atoms with Crippen LogP contribution in [0.3, 0.4) is 0 Å². The Kier molecular flexibility index (Phi) is 4.54. The Hall–Kier alpha value is -2.87. The zero-order valence-corrected chi connectivity index (χ0v) is 18.7. The van der Waals surface area contributed by atoms with Crippen molar-refractivity contribution in [3.8, 4) is 28.0 Å². The zero-order chi connectivity index (χ0) is 21.9. The van der Waals surface area contributed by atoms with Crippen molar-refractivity contribution in [2.75, 3.05) is 0 Å². The van der Waals surface area contributed by atoms with Crippen molar-refractivity contribution in [3.63, 3.8) is 0 Å². The molecule has 0 radical (unpaired) electrons. The topological polar surface area (TPSA) is 37.3 Å². The van der Waals surface area contributed by atoms with E-state index in [1.807, 2.05) is 24.3 Å². The van der Waals surface area contributed by atoms with Crippen LogP contribution in [0.4, 0.5) is 0 Å². The molecule has 0 aliphatic heterocycles. The van der Waals surface area contributed by atoms with Crippen LogP contribution in [0.5, 0.6) is 5.75 Å². The minimum Gasteiger partial charge on any atom is -0.507 e. The summed E-state index contributed by atoms with van der Waals surface area (Å²) in [5.74, 6) is 2.46. The van der Waals surface area contributed by atoms with Crippen LogP contribution in [-0.2, 0) is 11.2 Å². The fraction of sp³-hybridized carbons (Fsp3) is 0.367. The SMILES string of the molecule is C[C@]12CC[C@@H]3c4cc(-c5ccccc5)c(O)c(-c5ccccc5)c4CC[C@H]3[C@@H]1CCC2=O. The van der Waals surface area contributed by atoms with Crippen LogP contribution in [0.2, 0.25) is 0 Å². The smallest absolute Gasteiger partial charge is 0.139 e. The van der Waals surface area contributed by atoms with Crippen molar-refractivity contribution in [2.24, 2.45) is 17.3 Å². The number of phenols is 1. The molecule has 0 aromatic heterocycles. The Morgan fingerprint density at radius 2 is 1.56 bits per heavy atom. The molecule has 0 spiro atoms. The third kappa shape index (κ3) is 2.81. The molecule has 6 rings (SSSR count). The van der Waals surface area contributed by atoms with Crippen LogP contribution in [-0.4, -0.2) is 10.9 Å².